The predicted octanol–water partition coefficient (Wildman–Crippen LogP) is 4.82. The Hall–Kier alpha value is -5.08. The summed E-state index contributed by atoms with van der Waals surface area (Å²) in [6.07, 6.45) is 3.54. The highest BCUT2D eigenvalue weighted by Gasteiger charge is 2.61. The van der Waals surface area contributed by atoms with Crippen molar-refractivity contribution in [2.45, 2.75) is 25.2 Å². The molecule has 3 amide bonds. The Labute approximate surface area is 252 Å². The lowest BCUT2D eigenvalue weighted by atomic mass is 9.85. The lowest BCUT2D eigenvalue weighted by Crippen LogP contribution is -2.51. The van der Waals surface area contributed by atoms with E-state index in [0.717, 1.165) is 44.2 Å². The number of benzene rings is 5. The molecule has 3 aliphatic heterocycles. The summed E-state index contributed by atoms with van der Waals surface area (Å²) in [5.41, 5.74) is 1.65. The van der Waals surface area contributed by atoms with Crippen LogP contribution in [0.4, 0.5) is 0 Å². The normalized spacial score (nSPS) is 22.8. The van der Waals surface area contributed by atoms with Crippen LogP contribution < -0.4 is 10.1 Å². The average molecular weight is 585 g/mol. The van der Waals surface area contributed by atoms with Crippen molar-refractivity contribution in [1.82, 2.24) is 10.2 Å². The van der Waals surface area contributed by atoms with E-state index in [1.165, 1.54) is 4.90 Å². The number of ether oxygens (including phenoxy) is 2. The number of likely N-dealkylation sites (tertiary alicyclic amines) is 1. The molecule has 8 heteroatoms. The number of carbonyl (C=O) groups is 4. The second kappa shape index (κ2) is 9.99. The van der Waals surface area contributed by atoms with Gasteiger partial charge in [0.15, 0.2) is 6.29 Å². The molecule has 0 aliphatic carbocycles. The van der Waals surface area contributed by atoms with E-state index >= 15 is 0 Å². The van der Waals surface area contributed by atoms with Gasteiger partial charge < -0.3 is 14.8 Å². The second-order valence-corrected chi connectivity index (χ2v) is 11.8. The van der Waals surface area contributed by atoms with E-state index in [4.69, 9.17) is 9.47 Å². The van der Waals surface area contributed by atoms with Gasteiger partial charge in [-0.25, -0.2) is 0 Å². The molecule has 5 aromatic rings. The minimum absolute atomic E-state index is 0.0242. The number of carbonyl (C=O) groups excluding carboxylic acids is 4. The summed E-state index contributed by atoms with van der Waals surface area (Å²) < 4.78 is 11.9. The fourth-order valence-electron chi connectivity index (χ4n) is 7.27. The van der Waals surface area contributed by atoms with Crippen LogP contribution in [0, 0.1) is 18.8 Å². The number of fused-ring (bicyclic) bond motifs is 5. The third-order valence-corrected chi connectivity index (χ3v) is 9.41. The summed E-state index contributed by atoms with van der Waals surface area (Å²) in [5, 5.41) is 9.20. The molecule has 1 N–H and O–H groups in total. The summed E-state index contributed by atoms with van der Waals surface area (Å²) in [6, 6.07) is 22.5. The smallest absolute Gasteiger partial charge is 0.251 e. The summed E-state index contributed by atoms with van der Waals surface area (Å²) in [6.45, 7) is 1.69. The Balaban J connectivity index is 1.11. The van der Waals surface area contributed by atoms with Crippen molar-refractivity contribution in [1.29, 1.82) is 0 Å². The molecule has 0 aromatic heterocycles. The molecule has 2 saturated heterocycles. The van der Waals surface area contributed by atoms with Crippen molar-refractivity contribution in [3.63, 3.8) is 0 Å². The van der Waals surface area contributed by atoms with Crippen LogP contribution in [0.15, 0.2) is 84.9 Å². The first-order chi connectivity index (χ1) is 21.4. The number of aryl methyl sites for hydroxylation is 1. The highest BCUT2D eigenvalue weighted by atomic mass is 16.5. The van der Waals surface area contributed by atoms with Crippen LogP contribution in [0.3, 0.4) is 0 Å². The zero-order valence-electron chi connectivity index (χ0n) is 23.9. The van der Waals surface area contributed by atoms with E-state index in [2.05, 4.69) is 29.6 Å². The van der Waals surface area contributed by atoms with Crippen molar-refractivity contribution in [2.75, 3.05) is 13.2 Å². The average Bonchev–Trinajstić information content (AvgIpc) is 3.73. The third-order valence-electron chi connectivity index (χ3n) is 9.41. The Morgan fingerprint density at radius 1 is 0.886 bits per heavy atom. The van der Waals surface area contributed by atoms with E-state index in [0.29, 0.717) is 16.9 Å². The van der Waals surface area contributed by atoms with Gasteiger partial charge >= 0.3 is 0 Å². The highest BCUT2D eigenvalue weighted by Crippen LogP contribution is 2.45. The monoisotopic (exact) mass is 584 g/mol. The Kier molecular flexibility index (Phi) is 6.03. The second-order valence-electron chi connectivity index (χ2n) is 11.8. The lowest BCUT2D eigenvalue weighted by Gasteiger charge is -2.28. The SMILES string of the molecule is Cc1cccc(OCC(CNC(=O)c2ccc3ccc4cccc5ccc2c3c45)N2C(=O)[C@@H]3[C@H](C2=O)[C@H]2C=C[C@@H]3O2)c1C=O. The van der Waals surface area contributed by atoms with Crippen LogP contribution in [-0.4, -0.2) is 60.3 Å². The molecular formula is C36H28N2O6. The Morgan fingerprint density at radius 2 is 1.52 bits per heavy atom. The quantitative estimate of drug-likeness (QED) is 0.121. The first kappa shape index (κ1) is 26.5. The maximum Gasteiger partial charge on any atom is 0.251 e. The summed E-state index contributed by atoms with van der Waals surface area (Å²) >= 11 is 0. The highest BCUT2D eigenvalue weighted by molar-refractivity contribution is 6.26. The van der Waals surface area contributed by atoms with Gasteiger partial charge in [-0.1, -0.05) is 72.8 Å². The molecule has 0 radical (unpaired) electrons. The largest absolute Gasteiger partial charge is 0.491 e. The van der Waals surface area contributed by atoms with Crippen LogP contribution in [0.25, 0.3) is 32.3 Å². The number of amides is 3. The molecule has 5 aromatic carbocycles. The van der Waals surface area contributed by atoms with Crippen LogP contribution in [-0.2, 0) is 14.3 Å². The van der Waals surface area contributed by atoms with Gasteiger partial charge in [-0.3, -0.25) is 24.1 Å². The minimum Gasteiger partial charge on any atom is -0.491 e. The molecule has 0 spiro atoms. The fourth-order valence-corrected chi connectivity index (χ4v) is 7.27. The minimum atomic E-state index is -0.802. The molecule has 218 valence electrons. The van der Waals surface area contributed by atoms with Crippen LogP contribution >= 0.6 is 0 Å². The number of aldehydes is 1. The molecular weight excluding hydrogens is 556 g/mol. The number of rotatable bonds is 8. The van der Waals surface area contributed by atoms with Gasteiger partial charge in [-0.05, 0) is 56.9 Å². The molecule has 5 atom stereocenters. The number of imide groups is 1. The first-order valence-corrected chi connectivity index (χ1v) is 14.8. The van der Waals surface area contributed by atoms with Gasteiger partial charge in [0.1, 0.15) is 12.4 Å². The van der Waals surface area contributed by atoms with Crippen LogP contribution in [0.1, 0.15) is 26.3 Å². The van der Waals surface area contributed by atoms with Crippen molar-refractivity contribution in [2.24, 2.45) is 11.8 Å². The van der Waals surface area contributed by atoms with Gasteiger partial charge in [0.2, 0.25) is 11.8 Å². The van der Waals surface area contributed by atoms with Crippen LogP contribution in [0.2, 0.25) is 0 Å². The van der Waals surface area contributed by atoms with E-state index in [9.17, 15) is 19.2 Å². The third kappa shape index (κ3) is 3.87. The van der Waals surface area contributed by atoms with Crippen molar-refractivity contribution in [3.05, 3.63) is 102 Å². The first-order valence-electron chi connectivity index (χ1n) is 14.8. The fraction of sp³-hybridized carbons (Fsp3) is 0.222. The van der Waals surface area contributed by atoms with Crippen LogP contribution in [0.5, 0.6) is 5.75 Å². The molecule has 0 saturated carbocycles. The number of nitrogens with zero attached hydrogens (tertiary/aromatic N) is 1. The summed E-state index contributed by atoms with van der Waals surface area (Å²) in [7, 11) is 0. The topological polar surface area (TPSA) is 102 Å². The Bertz CT molecular complexity index is 2000. The molecule has 8 rings (SSSR count). The standard InChI is InChI=1S/C36H28N2O6/c1-19-4-2-7-27(26(19)17-39)43-18-23(38-35(41)32-28-14-15-29(44-28)33(32)36(38)42)16-37-34(40)25-13-11-22-9-8-20-5-3-6-21-10-12-24(25)31(22)30(20)21/h2-15,17,23,28-29,32-33H,16,18H2,1H3,(H,37,40)/t23?,28-,29+,32-,33+. The molecule has 2 fully saturated rings. The van der Waals surface area contributed by atoms with Gasteiger partial charge in [0.25, 0.3) is 5.91 Å². The van der Waals surface area contributed by atoms with Gasteiger partial charge in [0.05, 0.1) is 35.6 Å². The van der Waals surface area contributed by atoms with Crippen molar-refractivity contribution < 1.29 is 28.7 Å². The maximum absolute atomic E-state index is 13.8. The van der Waals surface area contributed by atoms with E-state index in [1.54, 1.807) is 12.1 Å². The maximum atomic E-state index is 13.8. The molecule has 3 heterocycles. The number of nitrogens with one attached hydrogen (secondary N) is 1. The van der Waals surface area contributed by atoms with Gasteiger partial charge in [-0.15, -0.1) is 0 Å². The lowest BCUT2D eigenvalue weighted by molar-refractivity contribution is -0.145. The predicted molar refractivity (Wildman–Crippen MR) is 165 cm³/mol. The summed E-state index contributed by atoms with van der Waals surface area (Å²) in [4.78, 5) is 54.2. The number of hydrogen-bond acceptors (Lipinski definition) is 6. The molecule has 44 heavy (non-hydrogen) atoms. The van der Waals surface area contributed by atoms with E-state index in [1.807, 2.05) is 55.5 Å². The van der Waals surface area contributed by atoms with Crippen molar-refractivity contribution >= 4 is 56.3 Å². The van der Waals surface area contributed by atoms with Gasteiger partial charge in [-0.2, -0.15) is 0 Å². The Morgan fingerprint density at radius 3 is 2.23 bits per heavy atom. The molecule has 2 bridgehead atoms. The zero-order chi connectivity index (χ0) is 30.1. The molecule has 8 nitrogen and oxygen atoms in total. The van der Waals surface area contributed by atoms with Crippen molar-refractivity contribution in [3.8, 4) is 5.75 Å². The zero-order valence-corrected chi connectivity index (χ0v) is 23.9. The number of hydrogen-bond donors (Lipinski definition) is 1. The van der Waals surface area contributed by atoms with E-state index in [-0.39, 0.29) is 30.9 Å². The molecule has 3 aliphatic rings. The van der Waals surface area contributed by atoms with Gasteiger partial charge in [0, 0.05) is 12.1 Å². The molecule has 1 unspecified atom stereocenters. The summed E-state index contributed by atoms with van der Waals surface area (Å²) in [5.74, 6) is -1.80. The van der Waals surface area contributed by atoms with E-state index < -0.39 is 30.1 Å².